The van der Waals surface area contributed by atoms with E-state index in [0.717, 1.165) is 5.39 Å². The standard InChI is InChI=1S/C18H20N4O3/c1-18(2,3)14-8-13(10-22(14)17(23)24)25-16-15-11(5-4-6-20-15)7-12(9-19)21-16/h4-7,13-14H,8,10H2,1-3H3,(H,23,24). The van der Waals surface area contributed by atoms with Gasteiger partial charge >= 0.3 is 6.09 Å². The van der Waals surface area contributed by atoms with Crippen molar-refractivity contribution in [3.63, 3.8) is 0 Å². The Labute approximate surface area is 145 Å². The molecule has 3 rings (SSSR count). The van der Waals surface area contributed by atoms with Crippen LogP contribution in [0.15, 0.2) is 24.4 Å². The lowest BCUT2D eigenvalue weighted by molar-refractivity contribution is 0.105. The SMILES string of the molecule is CC(C)(C)C1CC(Oc2nc(C#N)cc3cccnc23)CN1C(=O)O. The molecule has 2 aromatic rings. The molecule has 0 aromatic carbocycles. The molecule has 1 fully saturated rings. The molecule has 2 atom stereocenters. The van der Waals surface area contributed by atoms with E-state index in [0.29, 0.717) is 11.9 Å². The molecule has 0 radical (unpaired) electrons. The minimum absolute atomic E-state index is 0.145. The molecule has 1 N–H and O–H groups in total. The smallest absolute Gasteiger partial charge is 0.407 e. The van der Waals surface area contributed by atoms with Gasteiger partial charge in [0.25, 0.3) is 0 Å². The van der Waals surface area contributed by atoms with Crippen molar-refractivity contribution in [1.29, 1.82) is 5.26 Å². The number of amides is 1. The molecule has 130 valence electrons. The van der Waals surface area contributed by atoms with E-state index in [1.165, 1.54) is 4.90 Å². The number of hydrogen-bond acceptors (Lipinski definition) is 5. The molecule has 7 nitrogen and oxygen atoms in total. The molecule has 0 bridgehead atoms. The highest BCUT2D eigenvalue weighted by Crippen LogP contribution is 2.35. The molecule has 2 aromatic heterocycles. The van der Waals surface area contributed by atoms with Gasteiger partial charge in [0.1, 0.15) is 23.4 Å². The van der Waals surface area contributed by atoms with E-state index in [1.807, 2.05) is 32.9 Å². The number of fused-ring (bicyclic) bond motifs is 1. The zero-order chi connectivity index (χ0) is 18.2. The third-order valence-electron chi connectivity index (χ3n) is 4.46. The van der Waals surface area contributed by atoms with E-state index in [9.17, 15) is 15.2 Å². The maximum atomic E-state index is 11.6. The lowest BCUT2D eigenvalue weighted by Crippen LogP contribution is -2.42. The van der Waals surface area contributed by atoms with Crippen molar-refractivity contribution in [1.82, 2.24) is 14.9 Å². The van der Waals surface area contributed by atoms with Crippen LogP contribution < -0.4 is 4.74 Å². The van der Waals surface area contributed by atoms with Crippen LogP contribution in [0.1, 0.15) is 32.9 Å². The molecule has 3 heterocycles. The summed E-state index contributed by atoms with van der Waals surface area (Å²) in [6.07, 6.45) is 0.932. The van der Waals surface area contributed by atoms with Gasteiger partial charge in [-0.05, 0) is 17.5 Å². The van der Waals surface area contributed by atoms with Crippen LogP contribution in [0.2, 0.25) is 0 Å². The van der Waals surface area contributed by atoms with Crippen LogP contribution in [0.25, 0.3) is 10.9 Å². The topological polar surface area (TPSA) is 99.3 Å². The average Bonchev–Trinajstić information content (AvgIpc) is 2.99. The zero-order valence-corrected chi connectivity index (χ0v) is 14.4. The molecule has 1 amide bonds. The van der Waals surface area contributed by atoms with E-state index in [-0.39, 0.29) is 35.7 Å². The van der Waals surface area contributed by atoms with Gasteiger partial charge in [0, 0.05) is 24.0 Å². The van der Waals surface area contributed by atoms with E-state index < -0.39 is 6.09 Å². The Hall–Kier alpha value is -2.88. The number of hydrogen-bond donors (Lipinski definition) is 1. The number of ether oxygens (including phenoxy) is 1. The fourth-order valence-electron chi connectivity index (χ4n) is 3.27. The molecule has 0 saturated carbocycles. The Bertz CT molecular complexity index is 854. The Morgan fingerprint density at radius 3 is 2.84 bits per heavy atom. The number of nitriles is 1. The lowest BCUT2D eigenvalue weighted by atomic mass is 9.85. The molecule has 1 aliphatic rings. The summed E-state index contributed by atoms with van der Waals surface area (Å²) in [5.41, 5.74) is 0.622. The zero-order valence-electron chi connectivity index (χ0n) is 14.4. The molecule has 2 unspecified atom stereocenters. The second kappa shape index (κ2) is 6.20. The summed E-state index contributed by atoms with van der Waals surface area (Å²) in [6.45, 7) is 6.31. The summed E-state index contributed by atoms with van der Waals surface area (Å²) in [5.74, 6) is 0.277. The highest BCUT2D eigenvalue weighted by Gasteiger charge is 2.43. The van der Waals surface area contributed by atoms with E-state index in [4.69, 9.17) is 4.74 Å². The third-order valence-corrected chi connectivity index (χ3v) is 4.46. The minimum Gasteiger partial charge on any atom is -0.471 e. The highest BCUT2D eigenvalue weighted by molar-refractivity contribution is 5.83. The molecule has 25 heavy (non-hydrogen) atoms. The van der Waals surface area contributed by atoms with E-state index >= 15 is 0 Å². The van der Waals surface area contributed by atoms with Gasteiger partial charge in [0.15, 0.2) is 0 Å². The fourth-order valence-corrected chi connectivity index (χ4v) is 3.27. The van der Waals surface area contributed by atoms with Crippen LogP contribution in [0.4, 0.5) is 4.79 Å². The van der Waals surface area contributed by atoms with Gasteiger partial charge in [0.2, 0.25) is 5.88 Å². The minimum atomic E-state index is -0.951. The van der Waals surface area contributed by atoms with E-state index in [2.05, 4.69) is 9.97 Å². The third kappa shape index (κ3) is 3.33. The van der Waals surface area contributed by atoms with Gasteiger partial charge < -0.3 is 14.7 Å². The lowest BCUT2D eigenvalue weighted by Gasteiger charge is -2.32. The molecule has 1 aliphatic heterocycles. The van der Waals surface area contributed by atoms with Crippen molar-refractivity contribution in [3.05, 3.63) is 30.1 Å². The molecule has 7 heteroatoms. The quantitative estimate of drug-likeness (QED) is 0.902. The van der Waals surface area contributed by atoms with Gasteiger partial charge in [-0.25, -0.2) is 9.78 Å². The van der Waals surface area contributed by atoms with Gasteiger partial charge in [0.05, 0.1) is 6.54 Å². The van der Waals surface area contributed by atoms with Gasteiger partial charge in [-0.2, -0.15) is 5.26 Å². The monoisotopic (exact) mass is 340 g/mol. The first-order valence-corrected chi connectivity index (χ1v) is 8.11. The first-order chi connectivity index (χ1) is 11.8. The maximum absolute atomic E-state index is 11.6. The van der Waals surface area contributed by atoms with Crippen LogP contribution in [-0.4, -0.2) is 44.8 Å². The normalized spacial score (nSPS) is 20.5. The second-order valence-electron chi connectivity index (χ2n) is 7.29. The van der Waals surface area contributed by atoms with Crippen LogP contribution in [0, 0.1) is 16.7 Å². The first-order valence-electron chi connectivity index (χ1n) is 8.11. The number of aromatic nitrogens is 2. The average molecular weight is 340 g/mol. The Balaban J connectivity index is 1.92. The fraction of sp³-hybridized carbons (Fsp3) is 0.444. The van der Waals surface area contributed by atoms with Crippen molar-refractivity contribution in [2.24, 2.45) is 5.41 Å². The predicted octanol–water partition coefficient (Wildman–Crippen LogP) is 3.05. The second-order valence-corrected chi connectivity index (χ2v) is 7.29. The van der Waals surface area contributed by atoms with Crippen molar-refractivity contribution < 1.29 is 14.6 Å². The highest BCUT2D eigenvalue weighted by atomic mass is 16.5. The van der Waals surface area contributed by atoms with Crippen LogP contribution in [0.5, 0.6) is 5.88 Å². The number of likely N-dealkylation sites (tertiary alicyclic amines) is 1. The van der Waals surface area contributed by atoms with Crippen LogP contribution in [-0.2, 0) is 0 Å². The summed E-state index contributed by atoms with van der Waals surface area (Å²) in [4.78, 5) is 21.5. The molecule has 0 aliphatic carbocycles. The molecular formula is C18H20N4O3. The molecular weight excluding hydrogens is 320 g/mol. The Morgan fingerprint density at radius 2 is 2.24 bits per heavy atom. The van der Waals surface area contributed by atoms with Crippen molar-refractivity contribution >= 4 is 17.0 Å². The predicted molar refractivity (Wildman–Crippen MR) is 91.3 cm³/mol. The van der Waals surface area contributed by atoms with Gasteiger partial charge in [-0.15, -0.1) is 0 Å². The number of pyridine rings is 2. The van der Waals surface area contributed by atoms with Crippen molar-refractivity contribution in [2.45, 2.75) is 39.3 Å². The first kappa shape index (κ1) is 17.0. The number of nitrogens with zero attached hydrogens (tertiary/aromatic N) is 4. The van der Waals surface area contributed by atoms with E-state index in [1.54, 1.807) is 18.3 Å². The van der Waals surface area contributed by atoms with Gasteiger partial charge in [-0.1, -0.05) is 26.8 Å². The van der Waals surface area contributed by atoms with Crippen LogP contribution in [0.3, 0.4) is 0 Å². The summed E-state index contributed by atoms with van der Waals surface area (Å²) in [5, 5.41) is 19.4. The molecule has 0 spiro atoms. The van der Waals surface area contributed by atoms with Crippen molar-refractivity contribution in [3.8, 4) is 11.9 Å². The number of carbonyl (C=O) groups is 1. The van der Waals surface area contributed by atoms with Crippen LogP contribution >= 0.6 is 0 Å². The Morgan fingerprint density at radius 1 is 1.48 bits per heavy atom. The maximum Gasteiger partial charge on any atom is 0.407 e. The Kier molecular flexibility index (Phi) is 4.21. The molecule has 1 saturated heterocycles. The summed E-state index contributed by atoms with van der Waals surface area (Å²) >= 11 is 0. The summed E-state index contributed by atoms with van der Waals surface area (Å²) in [7, 11) is 0. The summed E-state index contributed by atoms with van der Waals surface area (Å²) < 4.78 is 6.01. The largest absolute Gasteiger partial charge is 0.471 e. The number of carboxylic acid groups (broad SMARTS) is 1. The number of rotatable bonds is 2. The van der Waals surface area contributed by atoms with Crippen molar-refractivity contribution in [2.75, 3.05) is 6.54 Å². The summed E-state index contributed by atoms with van der Waals surface area (Å²) in [6, 6.07) is 7.16. The van der Waals surface area contributed by atoms with Gasteiger partial charge in [-0.3, -0.25) is 4.98 Å².